The Morgan fingerprint density at radius 1 is 1.07 bits per heavy atom. The van der Waals surface area contributed by atoms with E-state index >= 15 is 0 Å². The molecule has 0 radical (unpaired) electrons. The van der Waals surface area contributed by atoms with Crippen molar-refractivity contribution in [2.45, 2.75) is 19.2 Å². The molecule has 0 aliphatic carbocycles. The molecule has 0 fully saturated rings. The van der Waals surface area contributed by atoms with Gasteiger partial charge in [0.1, 0.15) is 12.4 Å². The molecule has 3 aromatic rings. The van der Waals surface area contributed by atoms with Crippen LogP contribution in [0.2, 0.25) is 0 Å². The Bertz CT molecular complexity index is 952. The molecule has 1 heterocycles. The first-order valence-electron chi connectivity index (χ1n) is 8.16. The van der Waals surface area contributed by atoms with Crippen molar-refractivity contribution in [1.82, 2.24) is 10.1 Å². The van der Waals surface area contributed by atoms with E-state index < -0.39 is 17.9 Å². The van der Waals surface area contributed by atoms with Gasteiger partial charge in [-0.2, -0.15) is 18.2 Å². The number of halogens is 4. The highest BCUT2D eigenvalue weighted by atomic mass is 19.4. The van der Waals surface area contributed by atoms with Crippen LogP contribution in [0.3, 0.4) is 0 Å². The molecule has 146 valence electrons. The van der Waals surface area contributed by atoms with Crippen molar-refractivity contribution in [2.75, 3.05) is 6.61 Å². The van der Waals surface area contributed by atoms with Crippen molar-refractivity contribution in [1.29, 1.82) is 0 Å². The van der Waals surface area contributed by atoms with E-state index in [4.69, 9.17) is 4.74 Å². The quantitative estimate of drug-likeness (QED) is 0.562. The second kappa shape index (κ2) is 8.30. The monoisotopic (exact) mass is 394 g/mol. The van der Waals surface area contributed by atoms with Gasteiger partial charge in [0.05, 0.1) is 6.61 Å². The molecule has 0 N–H and O–H groups in total. The number of ketones is 1. The third kappa shape index (κ3) is 5.01. The van der Waals surface area contributed by atoms with Crippen LogP contribution in [0.25, 0.3) is 11.4 Å². The van der Waals surface area contributed by atoms with Gasteiger partial charge in [0, 0.05) is 17.5 Å². The van der Waals surface area contributed by atoms with E-state index in [-0.39, 0.29) is 31.2 Å². The van der Waals surface area contributed by atoms with Crippen molar-refractivity contribution < 1.29 is 31.6 Å². The number of benzene rings is 2. The Morgan fingerprint density at radius 2 is 1.79 bits per heavy atom. The summed E-state index contributed by atoms with van der Waals surface area (Å²) in [5.74, 6) is -2.24. The van der Waals surface area contributed by atoms with Crippen molar-refractivity contribution in [3.63, 3.8) is 0 Å². The lowest BCUT2D eigenvalue weighted by Gasteiger charge is -2.05. The predicted octanol–water partition coefficient (Wildman–Crippen LogP) is 4.22. The molecule has 0 saturated heterocycles. The number of alkyl halides is 3. The van der Waals surface area contributed by atoms with Crippen LogP contribution in [0, 0.1) is 5.82 Å². The van der Waals surface area contributed by atoms with Crippen LogP contribution in [0.5, 0.6) is 0 Å². The maximum atomic E-state index is 13.5. The summed E-state index contributed by atoms with van der Waals surface area (Å²) in [6.07, 6.45) is -4.64. The lowest BCUT2D eigenvalue weighted by atomic mass is 10.1. The van der Waals surface area contributed by atoms with Gasteiger partial charge in [-0.3, -0.25) is 4.79 Å². The first-order chi connectivity index (χ1) is 13.3. The van der Waals surface area contributed by atoms with Crippen LogP contribution in [0.4, 0.5) is 17.6 Å². The van der Waals surface area contributed by atoms with Crippen LogP contribution >= 0.6 is 0 Å². The molecule has 0 bridgehead atoms. The Balaban J connectivity index is 1.53. The number of aromatic nitrogens is 2. The normalized spacial score (nSPS) is 11.6. The lowest BCUT2D eigenvalue weighted by Crippen LogP contribution is -2.11. The van der Waals surface area contributed by atoms with Gasteiger partial charge in [0.15, 0.2) is 5.78 Å². The summed E-state index contributed by atoms with van der Waals surface area (Å²) in [7, 11) is 0. The van der Waals surface area contributed by atoms with E-state index in [1.165, 1.54) is 18.2 Å². The number of carbonyl (C=O) groups is 1. The maximum absolute atomic E-state index is 13.5. The molecular formula is C19H14F4N2O3. The number of hydrogen-bond donors (Lipinski definition) is 0. The zero-order valence-electron chi connectivity index (χ0n) is 14.4. The molecule has 0 saturated carbocycles. The summed E-state index contributed by atoms with van der Waals surface area (Å²) in [6, 6.07) is 12.3. The molecule has 9 heteroatoms. The van der Waals surface area contributed by atoms with Crippen LogP contribution in [0.1, 0.15) is 17.0 Å². The van der Waals surface area contributed by atoms with Gasteiger partial charge >= 0.3 is 12.1 Å². The molecule has 5 nitrogen and oxygen atoms in total. The van der Waals surface area contributed by atoms with Gasteiger partial charge in [0.25, 0.3) is 0 Å². The van der Waals surface area contributed by atoms with Crippen LogP contribution in [-0.4, -0.2) is 22.5 Å². The van der Waals surface area contributed by atoms with E-state index in [0.29, 0.717) is 16.7 Å². The minimum Gasteiger partial charge on any atom is -0.369 e. The Kier molecular flexibility index (Phi) is 5.84. The van der Waals surface area contributed by atoms with Gasteiger partial charge in [-0.1, -0.05) is 47.6 Å². The first-order valence-corrected chi connectivity index (χ1v) is 8.16. The van der Waals surface area contributed by atoms with Gasteiger partial charge in [0.2, 0.25) is 5.82 Å². The SMILES string of the molecule is O=C(COCc1ccccc1F)Cc1ccc(-c2noc(C(F)(F)F)n2)cc1. The second-order valence-electron chi connectivity index (χ2n) is 5.92. The fourth-order valence-corrected chi connectivity index (χ4v) is 2.40. The molecule has 0 aliphatic heterocycles. The average Bonchev–Trinajstić information content (AvgIpc) is 3.14. The summed E-state index contributed by atoms with van der Waals surface area (Å²) in [6.45, 7) is -0.202. The first kappa shape index (κ1) is 19.7. The second-order valence-corrected chi connectivity index (χ2v) is 5.92. The number of hydrogen-bond acceptors (Lipinski definition) is 5. The lowest BCUT2D eigenvalue weighted by molar-refractivity contribution is -0.159. The molecule has 0 atom stereocenters. The van der Waals surface area contributed by atoms with Crippen molar-refractivity contribution >= 4 is 5.78 Å². The highest BCUT2D eigenvalue weighted by molar-refractivity contribution is 5.82. The number of Topliss-reactive ketones (excluding diaryl/α,β-unsaturated/α-hetero) is 1. The third-order valence-corrected chi connectivity index (χ3v) is 3.76. The van der Waals surface area contributed by atoms with Gasteiger partial charge in [-0.15, -0.1) is 0 Å². The predicted molar refractivity (Wildman–Crippen MR) is 89.5 cm³/mol. The summed E-state index contributed by atoms with van der Waals surface area (Å²) in [4.78, 5) is 15.3. The zero-order chi connectivity index (χ0) is 20.1. The van der Waals surface area contributed by atoms with Crippen molar-refractivity contribution in [3.05, 3.63) is 71.4 Å². The van der Waals surface area contributed by atoms with Gasteiger partial charge in [-0.05, 0) is 11.6 Å². The number of carbonyl (C=O) groups excluding carboxylic acids is 1. The average molecular weight is 394 g/mol. The molecule has 3 rings (SSSR count). The fraction of sp³-hybridized carbons (Fsp3) is 0.211. The van der Waals surface area contributed by atoms with E-state index in [1.807, 2.05) is 0 Å². The van der Waals surface area contributed by atoms with E-state index in [9.17, 15) is 22.4 Å². The molecule has 0 aliphatic rings. The zero-order valence-corrected chi connectivity index (χ0v) is 14.4. The minimum absolute atomic E-state index is 0.0171. The Labute approximate surface area is 156 Å². The third-order valence-electron chi connectivity index (χ3n) is 3.76. The number of nitrogens with zero attached hydrogens (tertiary/aromatic N) is 2. The maximum Gasteiger partial charge on any atom is 0.471 e. The van der Waals surface area contributed by atoms with E-state index in [2.05, 4.69) is 14.7 Å². The van der Waals surface area contributed by atoms with Crippen LogP contribution in [-0.2, 0) is 28.7 Å². The van der Waals surface area contributed by atoms with Gasteiger partial charge in [-0.25, -0.2) is 4.39 Å². The smallest absolute Gasteiger partial charge is 0.369 e. The van der Waals surface area contributed by atoms with Crippen LogP contribution in [0.15, 0.2) is 53.1 Å². The molecule has 2 aromatic carbocycles. The molecule has 0 amide bonds. The minimum atomic E-state index is -4.71. The molecule has 1 aromatic heterocycles. The highest BCUT2D eigenvalue weighted by Crippen LogP contribution is 2.29. The standard InChI is InChI=1S/C19H14F4N2O3/c20-16-4-2-1-3-14(16)10-27-11-15(26)9-12-5-7-13(8-6-12)17-24-18(28-25-17)19(21,22)23/h1-8H,9-11H2. The Morgan fingerprint density at radius 3 is 2.43 bits per heavy atom. The number of rotatable bonds is 7. The van der Waals surface area contributed by atoms with Gasteiger partial charge < -0.3 is 9.26 Å². The topological polar surface area (TPSA) is 65.2 Å². The summed E-state index contributed by atoms with van der Waals surface area (Å²) >= 11 is 0. The van der Waals surface area contributed by atoms with E-state index in [0.717, 1.165) is 0 Å². The molecular weight excluding hydrogens is 380 g/mol. The van der Waals surface area contributed by atoms with Crippen molar-refractivity contribution in [2.24, 2.45) is 0 Å². The Hall–Kier alpha value is -3.07. The molecule has 28 heavy (non-hydrogen) atoms. The number of ether oxygens (including phenoxy) is 1. The largest absolute Gasteiger partial charge is 0.471 e. The van der Waals surface area contributed by atoms with Crippen molar-refractivity contribution in [3.8, 4) is 11.4 Å². The fourth-order valence-electron chi connectivity index (χ4n) is 2.40. The summed E-state index contributed by atoms with van der Waals surface area (Å²) in [5.41, 5.74) is 1.33. The van der Waals surface area contributed by atoms with Crippen LogP contribution < -0.4 is 0 Å². The molecule has 0 unspecified atom stereocenters. The van der Waals surface area contributed by atoms with E-state index in [1.54, 1.807) is 30.3 Å². The summed E-state index contributed by atoms with van der Waals surface area (Å²) in [5, 5.41) is 3.30. The molecule has 0 spiro atoms. The summed E-state index contributed by atoms with van der Waals surface area (Å²) < 4.78 is 60.4. The highest BCUT2D eigenvalue weighted by Gasteiger charge is 2.38.